The van der Waals surface area contributed by atoms with Crippen LogP contribution in [0.3, 0.4) is 0 Å². The molecule has 1 N–H and O–H groups in total. The van der Waals surface area contributed by atoms with Gasteiger partial charge in [0.15, 0.2) is 9.84 Å². The first-order valence-electron chi connectivity index (χ1n) is 9.17. The minimum atomic E-state index is -2.98. The van der Waals surface area contributed by atoms with E-state index in [4.69, 9.17) is 0 Å². The molecular formula is C18H26N4O3S. The van der Waals surface area contributed by atoms with Gasteiger partial charge in [0.05, 0.1) is 11.5 Å². The van der Waals surface area contributed by atoms with E-state index in [2.05, 4.69) is 21.4 Å². The molecule has 26 heavy (non-hydrogen) atoms. The Hall–Kier alpha value is -1.96. The van der Waals surface area contributed by atoms with Crippen LogP contribution in [0.4, 0.5) is 5.95 Å². The third-order valence-corrected chi connectivity index (χ3v) is 6.81. The molecule has 1 aromatic rings. The molecule has 0 saturated carbocycles. The van der Waals surface area contributed by atoms with Gasteiger partial charge < -0.3 is 10.2 Å². The predicted octanol–water partition coefficient (Wildman–Crippen LogP) is 1.72. The van der Waals surface area contributed by atoms with Crippen molar-refractivity contribution in [2.24, 2.45) is 0 Å². The van der Waals surface area contributed by atoms with Gasteiger partial charge in [-0.1, -0.05) is 11.6 Å². The standard InChI is InChI=1S/C18H26N4O3S/c1-22(15-9-12-26(24,25)13-15)18-20-11-8-16(21-18)17(23)19-10-7-14-5-3-2-4-6-14/h5,8,11,15H,2-4,6-7,9-10,12-13H2,1H3,(H,19,23). The lowest BCUT2D eigenvalue weighted by molar-refractivity contribution is 0.0949. The second kappa shape index (κ2) is 8.16. The fraction of sp³-hybridized carbons (Fsp3) is 0.611. The Labute approximate surface area is 154 Å². The van der Waals surface area contributed by atoms with Crippen LogP contribution in [0.5, 0.6) is 0 Å². The summed E-state index contributed by atoms with van der Waals surface area (Å²) in [7, 11) is -1.20. The summed E-state index contributed by atoms with van der Waals surface area (Å²) in [6.07, 6.45) is 10.0. The molecule has 1 atom stereocenters. The molecule has 0 radical (unpaired) electrons. The first-order valence-corrected chi connectivity index (χ1v) is 11.0. The first kappa shape index (κ1) is 18.8. The molecule has 1 amide bonds. The van der Waals surface area contributed by atoms with Crippen molar-refractivity contribution in [1.82, 2.24) is 15.3 Å². The third-order valence-electron chi connectivity index (χ3n) is 5.06. The van der Waals surface area contributed by atoms with E-state index < -0.39 is 9.84 Å². The van der Waals surface area contributed by atoms with Crippen LogP contribution >= 0.6 is 0 Å². The minimum Gasteiger partial charge on any atom is -0.350 e. The van der Waals surface area contributed by atoms with Gasteiger partial charge in [0.25, 0.3) is 5.91 Å². The average Bonchev–Trinajstić information content (AvgIpc) is 3.02. The van der Waals surface area contributed by atoms with Gasteiger partial charge in [-0.15, -0.1) is 0 Å². The maximum Gasteiger partial charge on any atom is 0.270 e. The number of anilines is 1. The third kappa shape index (κ3) is 4.81. The zero-order valence-electron chi connectivity index (χ0n) is 15.1. The molecule has 2 aliphatic rings. The Morgan fingerprint density at radius 3 is 2.92 bits per heavy atom. The summed E-state index contributed by atoms with van der Waals surface area (Å²) in [5, 5.41) is 2.91. The second-order valence-corrected chi connectivity index (χ2v) is 9.25. The summed E-state index contributed by atoms with van der Waals surface area (Å²) in [5.74, 6) is 0.461. The maximum atomic E-state index is 12.4. The van der Waals surface area contributed by atoms with Crippen molar-refractivity contribution in [1.29, 1.82) is 0 Å². The first-order chi connectivity index (χ1) is 12.4. The molecule has 142 valence electrons. The van der Waals surface area contributed by atoms with E-state index in [1.807, 2.05) is 0 Å². The van der Waals surface area contributed by atoms with Crippen LogP contribution in [0.1, 0.15) is 49.0 Å². The lowest BCUT2D eigenvalue weighted by atomic mass is 9.97. The summed E-state index contributed by atoms with van der Waals surface area (Å²) in [6.45, 7) is 0.598. The Bertz CT molecular complexity index is 791. The van der Waals surface area contributed by atoms with Crippen LogP contribution in [0.15, 0.2) is 23.9 Å². The number of aromatic nitrogens is 2. The number of rotatable bonds is 6. The monoisotopic (exact) mass is 378 g/mol. The normalized spacial score (nSPS) is 21.9. The van der Waals surface area contributed by atoms with Gasteiger partial charge in [0.2, 0.25) is 5.95 Å². The number of carbonyl (C=O) groups is 1. The maximum absolute atomic E-state index is 12.4. The lowest BCUT2D eigenvalue weighted by Crippen LogP contribution is -2.34. The summed E-state index contributed by atoms with van der Waals surface area (Å²) in [6, 6.07) is 1.44. The van der Waals surface area contributed by atoms with E-state index >= 15 is 0 Å². The highest BCUT2D eigenvalue weighted by Crippen LogP contribution is 2.21. The van der Waals surface area contributed by atoms with Crippen LogP contribution in [0.25, 0.3) is 0 Å². The Balaban J connectivity index is 1.57. The number of allylic oxidation sites excluding steroid dienone is 1. The molecule has 1 aliphatic heterocycles. The van der Waals surface area contributed by atoms with Gasteiger partial charge in [-0.3, -0.25) is 4.79 Å². The van der Waals surface area contributed by atoms with Gasteiger partial charge >= 0.3 is 0 Å². The molecule has 1 saturated heterocycles. The molecule has 1 fully saturated rings. The number of hydrogen-bond acceptors (Lipinski definition) is 6. The molecule has 0 spiro atoms. The molecule has 2 heterocycles. The van der Waals surface area contributed by atoms with Crippen LogP contribution in [-0.2, 0) is 9.84 Å². The van der Waals surface area contributed by atoms with Gasteiger partial charge in [0.1, 0.15) is 5.69 Å². The molecule has 0 bridgehead atoms. The molecule has 0 aromatic carbocycles. The Kier molecular flexibility index (Phi) is 5.90. The number of carbonyl (C=O) groups excluding carboxylic acids is 1. The number of sulfone groups is 1. The number of nitrogens with one attached hydrogen (secondary N) is 1. The summed E-state index contributed by atoms with van der Waals surface area (Å²) in [5.41, 5.74) is 1.72. The van der Waals surface area contributed by atoms with E-state index in [0.29, 0.717) is 24.6 Å². The summed E-state index contributed by atoms with van der Waals surface area (Å²) < 4.78 is 23.3. The van der Waals surface area contributed by atoms with E-state index in [1.54, 1.807) is 24.2 Å². The Morgan fingerprint density at radius 2 is 2.23 bits per heavy atom. The molecule has 1 aromatic heterocycles. The number of amides is 1. The van der Waals surface area contributed by atoms with E-state index in [1.165, 1.54) is 18.4 Å². The fourth-order valence-corrected chi connectivity index (χ4v) is 5.22. The highest BCUT2D eigenvalue weighted by molar-refractivity contribution is 7.91. The van der Waals surface area contributed by atoms with Gasteiger partial charge in [-0.25, -0.2) is 18.4 Å². The SMILES string of the molecule is CN(c1nccc(C(=O)NCCC2=CCCCC2)n1)C1CCS(=O)(=O)C1. The number of hydrogen-bond donors (Lipinski definition) is 1. The average molecular weight is 378 g/mol. The van der Waals surface area contributed by atoms with Crippen LogP contribution < -0.4 is 10.2 Å². The Morgan fingerprint density at radius 1 is 1.38 bits per heavy atom. The molecule has 1 unspecified atom stereocenters. The van der Waals surface area contributed by atoms with Crippen molar-refractivity contribution in [3.05, 3.63) is 29.6 Å². The minimum absolute atomic E-state index is 0.110. The summed E-state index contributed by atoms with van der Waals surface area (Å²) >= 11 is 0. The summed E-state index contributed by atoms with van der Waals surface area (Å²) in [4.78, 5) is 22.6. The van der Waals surface area contributed by atoms with Gasteiger partial charge in [-0.2, -0.15) is 0 Å². The van der Waals surface area contributed by atoms with Crippen molar-refractivity contribution >= 4 is 21.7 Å². The van der Waals surface area contributed by atoms with Crippen molar-refractivity contribution < 1.29 is 13.2 Å². The van der Waals surface area contributed by atoms with Gasteiger partial charge in [-0.05, 0) is 44.6 Å². The van der Waals surface area contributed by atoms with E-state index in [0.717, 1.165) is 19.3 Å². The predicted molar refractivity (Wildman–Crippen MR) is 101 cm³/mol. The molecule has 1 aliphatic carbocycles. The molecule has 3 rings (SSSR count). The van der Waals surface area contributed by atoms with Crippen LogP contribution in [0.2, 0.25) is 0 Å². The highest BCUT2D eigenvalue weighted by Gasteiger charge is 2.31. The zero-order valence-corrected chi connectivity index (χ0v) is 16.0. The quantitative estimate of drug-likeness (QED) is 0.758. The highest BCUT2D eigenvalue weighted by atomic mass is 32.2. The van der Waals surface area contributed by atoms with Crippen LogP contribution in [-0.4, -0.2) is 55.4 Å². The van der Waals surface area contributed by atoms with E-state index in [-0.39, 0.29) is 23.5 Å². The smallest absolute Gasteiger partial charge is 0.270 e. The van der Waals surface area contributed by atoms with Crippen molar-refractivity contribution in [2.45, 2.75) is 44.6 Å². The topological polar surface area (TPSA) is 92.3 Å². The fourth-order valence-electron chi connectivity index (χ4n) is 3.45. The molecule has 7 nitrogen and oxygen atoms in total. The lowest BCUT2D eigenvalue weighted by Gasteiger charge is -2.23. The van der Waals surface area contributed by atoms with E-state index in [9.17, 15) is 13.2 Å². The molecular weight excluding hydrogens is 352 g/mol. The van der Waals surface area contributed by atoms with Crippen LogP contribution in [0, 0.1) is 0 Å². The largest absolute Gasteiger partial charge is 0.350 e. The second-order valence-electron chi connectivity index (χ2n) is 7.02. The number of nitrogens with zero attached hydrogens (tertiary/aromatic N) is 3. The van der Waals surface area contributed by atoms with Crippen molar-refractivity contribution in [3.63, 3.8) is 0 Å². The van der Waals surface area contributed by atoms with Gasteiger partial charge in [0, 0.05) is 25.8 Å². The van der Waals surface area contributed by atoms with Crippen molar-refractivity contribution in [2.75, 3.05) is 30.0 Å². The molecule has 8 heteroatoms. The van der Waals surface area contributed by atoms with Crippen molar-refractivity contribution in [3.8, 4) is 0 Å². The zero-order chi connectivity index (χ0) is 18.6.